The fourth-order valence-electron chi connectivity index (χ4n) is 4.17. The number of aryl methyl sites for hydroxylation is 1. The summed E-state index contributed by atoms with van der Waals surface area (Å²) in [6.45, 7) is 7.76. The first-order chi connectivity index (χ1) is 19.3. The van der Waals surface area contributed by atoms with Gasteiger partial charge in [-0.1, -0.05) is 45.0 Å². The maximum absolute atomic E-state index is 13.3. The van der Waals surface area contributed by atoms with Crippen LogP contribution in [-0.2, 0) is 15.4 Å². The number of aromatic nitrogens is 2. The van der Waals surface area contributed by atoms with Gasteiger partial charge in [-0.2, -0.15) is 4.98 Å². The van der Waals surface area contributed by atoms with Crippen LogP contribution in [0, 0.1) is 6.92 Å². The van der Waals surface area contributed by atoms with Gasteiger partial charge >= 0.3 is 12.0 Å². The number of amides is 2. The van der Waals surface area contributed by atoms with Gasteiger partial charge in [-0.05, 0) is 42.2 Å². The lowest BCUT2D eigenvalue weighted by molar-refractivity contribution is 0.262. The smallest absolute Gasteiger partial charge is 0.323 e. The van der Waals surface area contributed by atoms with Gasteiger partial charge in [0, 0.05) is 22.5 Å². The summed E-state index contributed by atoms with van der Waals surface area (Å²) in [5, 5.41) is 7.17. The molecular formula is C29H33N5O6S. The molecule has 0 fully saturated rings. The van der Waals surface area contributed by atoms with E-state index >= 15 is 0 Å². The molecule has 0 atom stereocenters. The van der Waals surface area contributed by atoms with E-state index in [-0.39, 0.29) is 22.9 Å². The van der Waals surface area contributed by atoms with Crippen molar-refractivity contribution in [1.82, 2.24) is 9.97 Å². The van der Waals surface area contributed by atoms with Crippen LogP contribution < -0.4 is 29.6 Å². The van der Waals surface area contributed by atoms with Crippen LogP contribution >= 0.6 is 0 Å². The lowest BCUT2D eigenvalue weighted by Crippen LogP contribution is -2.22. The van der Waals surface area contributed by atoms with Gasteiger partial charge in [-0.3, -0.25) is 4.72 Å². The quantitative estimate of drug-likeness (QED) is 0.229. The van der Waals surface area contributed by atoms with E-state index in [9.17, 15) is 13.2 Å². The zero-order valence-corrected chi connectivity index (χ0v) is 24.8. The van der Waals surface area contributed by atoms with Crippen LogP contribution in [0.4, 0.5) is 21.9 Å². The van der Waals surface area contributed by atoms with Gasteiger partial charge < -0.3 is 24.8 Å². The SMILES string of the molecule is COc1nc(C)cc(Oc2ccc(NC(=O)Nc3cc(C(C)(C)C)cc(NS(C)(=O)=O)c3OC)c3ccccc23)n1. The highest BCUT2D eigenvalue weighted by molar-refractivity contribution is 7.92. The number of carbonyl (C=O) groups is 1. The van der Waals surface area contributed by atoms with Crippen LogP contribution in [0.1, 0.15) is 32.0 Å². The van der Waals surface area contributed by atoms with Gasteiger partial charge in [-0.15, -0.1) is 0 Å². The first kappa shape index (κ1) is 29.4. The third-order valence-electron chi connectivity index (χ3n) is 6.04. The van der Waals surface area contributed by atoms with E-state index in [0.29, 0.717) is 28.7 Å². The number of rotatable bonds is 8. The summed E-state index contributed by atoms with van der Waals surface area (Å²) in [6.07, 6.45) is 1.05. The minimum atomic E-state index is -3.61. The second-order valence-electron chi connectivity index (χ2n) is 10.4. The van der Waals surface area contributed by atoms with Crippen molar-refractivity contribution in [2.24, 2.45) is 0 Å². The van der Waals surface area contributed by atoms with Gasteiger partial charge in [0.15, 0.2) is 5.75 Å². The molecule has 0 aliphatic rings. The second-order valence-corrected chi connectivity index (χ2v) is 12.1. The number of carbonyl (C=O) groups excluding carboxylic acids is 1. The third-order valence-corrected chi connectivity index (χ3v) is 6.63. The number of anilines is 3. The Morgan fingerprint density at radius 2 is 1.51 bits per heavy atom. The molecule has 1 heterocycles. The summed E-state index contributed by atoms with van der Waals surface area (Å²) in [6, 6.07) is 15.7. The van der Waals surface area contributed by atoms with Crippen molar-refractivity contribution >= 4 is 43.9 Å². The predicted molar refractivity (Wildman–Crippen MR) is 160 cm³/mol. The monoisotopic (exact) mass is 579 g/mol. The number of ether oxygens (including phenoxy) is 3. The summed E-state index contributed by atoms with van der Waals surface area (Å²) in [4.78, 5) is 21.7. The molecule has 0 saturated carbocycles. The van der Waals surface area contributed by atoms with Crippen molar-refractivity contribution in [2.75, 3.05) is 35.8 Å². The van der Waals surface area contributed by atoms with E-state index in [1.165, 1.54) is 14.2 Å². The number of urea groups is 1. The summed E-state index contributed by atoms with van der Waals surface area (Å²) in [5.41, 5.74) is 2.20. The summed E-state index contributed by atoms with van der Waals surface area (Å²) >= 11 is 0. The zero-order valence-electron chi connectivity index (χ0n) is 23.9. The van der Waals surface area contributed by atoms with Crippen LogP contribution in [0.25, 0.3) is 10.8 Å². The van der Waals surface area contributed by atoms with Crippen LogP contribution in [0.5, 0.6) is 23.4 Å². The molecule has 2 amide bonds. The second kappa shape index (κ2) is 11.5. The predicted octanol–water partition coefficient (Wildman–Crippen LogP) is 6.06. The molecule has 0 aliphatic heterocycles. The van der Waals surface area contributed by atoms with Crippen molar-refractivity contribution in [3.05, 3.63) is 65.9 Å². The van der Waals surface area contributed by atoms with Crippen molar-refractivity contribution in [2.45, 2.75) is 33.1 Å². The van der Waals surface area contributed by atoms with Crippen LogP contribution in [0.15, 0.2) is 54.6 Å². The molecule has 3 aromatic carbocycles. The molecular weight excluding hydrogens is 546 g/mol. The van der Waals surface area contributed by atoms with Crippen molar-refractivity contribution in [3.63, 3.8) is 0 Å². The van der Waals surface area contributed by atoms with Crippen LogP contribution in [-0.4, -0.2) is 44.9 Å². The summed E-state index contributed by atoms with van der Waals surface area (Å²) in [7, 11) is -0.718. The molecule has 0 saturated heterocycles. The van der Waals surface area contributed by atoms with E-state index < -0.39 is 16.1 Å². The molecule has 0 spiro atoms. The Morgan fingerprint density at radius 3 is 2.15 bits per heavy atom. The van der Waals surface area contributed by atoms with E-state index in [4.69, 9.17) is 14.2 Å². The normalized spacial score (nSPS) is 11.6. The Hall–Kier alpha value is -4.58. The van der Waals surface area contributed by atoms with Crippen LogP contribution in [0.3, 0.4) is 0 Å². The Balaban J connectivity index is 1.66. The number of fused-ring (bicyclic) bond motifs is 1. The van der Waals surface area contributed by atoms with E-state index in [2.05, 4.69) is 25.3 Å². The first-order valence-electron chi connectivity index (χ1n) is 12.6. The number of nitrogens with one attached hydrogen (secondary N) is 3. The van der Waals surface area contributed by atoms with E-state index in [1.807, 2.05) is 52.0 Å². The molecule has 4 aromatic rings. The lowest BCUT2D eigenvalue weighted by Gasteiger charge is -2.24. The van der Waals surface area contributed by atoms with Crippen molar-refractivity contribution in [3.8, 4) is 23.4 Å². The Kier molecular flexibility index (Phi) is 8.24. The Labute approximate surface area is 239 Å². The Morgan fingerprint density at radius 1 is 0.854 bits per heavy atom. The number of hydrogen-bond acceptors (Lipinski definition) is 8. The molecule has 0 aliphatic carbocycles. The minimum absolute atomic E-state index is 0.183. The average molecular weight is 580 g/mol. The number of methoxy groups -OCH3 is 2. The molecule has 4 rings (SSSR count). The molecule has 0 radical (unpaired) electrons. The van der Waals surface area contributed by atoms with Crippen molar-refractivity contribution < 1.29 is 27.4 Å². The zero-order chi connectivity index (χ0) is 29.9. The highest BCUT2D eigenvalue weighted by Gasteiger charge is 2.22. The van der Waals surface area contributed by atoms with E-state index in [0.717, 1.165) is 22.6 Å². The van der Waals surface area contributed by atoms with Gasteiger partial charge in [0.05, 0.1) is 37.5 Å². The van der Waals surface area contributed by atoms with Crippen molar-refractivity contribution in [1.29, 1.82) is 0 Å². The number of sulfonamides is 1. The molecule has 216 valence electrons. The van der Waals surface area contributed by atoms with E-state index in [1.54, 1.807) is 30.3 Å². The highest BCUT2D eigenvalue weighted by Crippen LogP contribution is 2.39. The van der Waals surface area contributed by atoms with Gasteiger partial charge in [0.25, 0.3) is 0 Å². The topological polar surface area (TPSA) is 141 Å². The molecule has 0 bridgehead atoms. The van der Waals surface area contributed by atoms with Gasteiger partial charge in [0.2, 0.25) is 15.9 Å². The number of hydrogen-bond donors (Lipinski definition) is 3. The molecule has 0 unspecified atom stereocenters. The maximum Gasteiger partial charge on any atom is 0.323 e. The van der Waals surface area contributed by atoms with Gasteiger partial charge in [0.1, 0.15) is 5.75 Å². The molecule has 11 nitrogen and oxygen atoms in total. The summed E-state index contributed by atoms with van der Waals surface area (Å²) < 4.78 is 43.3. The standard InChI is InChI=1S/C29H33N5O6S/c1-17-14-25(33-28(30-17)39-6)40-24-13-12-21(19-10-8-9-11-20(19)24)31-27(35)32-22-15-18(29(2,3)4)16-23(26(22)38-5)34-41(7,36)37/h8-16,34H,1-7H3,(H2,31,32,35). The average Bonchev–Trinajstić information content (AvgIpc) is 2.88. The molecule has 3 N–H and O–H groups in total. The molecule has 12 heteroatoms. The maximum atomic E-state index is 13.3. The first-order valence-corrected chi connectivity index (χ1v) is 14.5. The lowest BCUT2D eigenvalue weighted by atomic mass is 9.86. The summed E-state index contributed by atoms with van der Waals surface area (Å²) in [5.74, 6) is 1.03. The number of nitrogens with zero attached hydrogens (tertiary/aromatic N) is 2. The number of benzene rings is 3. The fraction of sp³-hybridized carbons (Fsp3) is 0.276. The fourth-order valence-corrected chi connectivity index (χ4v) is 4.72. The highest BCUT2D eigenvalue weighted by atomic mass is 32.2. The molecule has 41 heavy (non-hydrogen) atoms. The third kappa shape index (κ3) is 7.14. The van der Waals surface area contributed by atoms with Gasteiger partial charge in [-0.25, -0.2) is 18.2 Å². The Bertz CT molecular complexity index is 1720. The van der Waals surface area contributed by atoms with Crippen LogP contribution in [0.2, 0.25) is 0 Å². The minimum Gasteiger partial charge on any atom is -0.492 e. The molecule has 1 aromatic heterocycles. The largest absolute Gasteiger partial charge is 0.492 e.